The van der Waals surface area contributed by atoms with E-state index in [0.717, 1.165) is 13.0 Å². The van der Waals surface area contributed by atoms with Crippen LogP contribution in [-0.2, 0) is 0 Å². The molecule has 0 fully saturated rings. The van der Waals surface area contributed by atoms with Crippen LogP contribution in [0, 0.1) is 0 Å². The molecule has 38 valence electrons. The summed E-state index contributed by atoms with van der Waals surface area (Å²) in [5.41, 5.74) is 5.07. The zero-order valence-electron chi connectivity index (χ0n) is 3.68. The van der Waals surface area contributed by atoms with Crippen LogP contribution in [0.1, 0.15) is 6.42 Å². The van der Waals surface area contributed by atoms with Crippen LogP contribution < -0.4 is 5.73 Å². The lowest BCUT2D eigenvalue weighted by molar-refractivity contribution is 1.01. The van der Waals surface area contributed by atoms with Crippen molar-refractivity contribution >= 4 is 17.0 Å². The maximum atomic E-state index is 5.07. The van der Waals surface area contributed by atoms with Crippen LogP contribution in [0.5, 0.6) is 0 Å². The Morgan fingerprint density at radius 3 is 2.17 bits per heavy atom. The summed E-state index contributed by atoms with van der Waals surface area (Å²) in [5.74, 6) is 0. The van der Waals surface area contributed by atoms with Crippen molar-refractivity contribution in [3.8, 4) is 0 Å². The smallest absolute Gasteiger partial charge is 0.00427 e. The van der Waals surface area contributed by atoms with Crippen molar-refractivity contribution in [2.45, 2.75) is 6.42 Å². The van der Waals surface area contributed by atoms with Crippen LogP contribution in [-0.4, -0.2) is 6.54 Å². The molecule has 0 unspecified atom stereocenters. The van der Waals surface area contributed by atoms with E-state index in [0.29, 0.717) is 0 Å². The first kappa shape index (κ1) is 9.49. The second kappa shape index (κ2) is 8.95. The standard InChI is InChI=1S/C4H9N.BrH/c1-2-3-4-5;/h2H,1,3-5H2;1H. The van der Waals surface area contributed by atoms with Gasteiger partial charge in [-0.3, -0.25) is 0 Å². The predicted octanol–water partition coefficient (Wildman–Crippen LogP) is 1.10. The molecule has 0 saturated heterocycles. The molecule has 0 atom stereocenters. The molecular formula is C4H10BrN. The van der Waals surface area contributed by atoms with Crippen molar-refractivity contribution in [2.75, 3.05) is 6.54 Å². The first-order chi connectivity index (χ1) is 2.41. The molecule has 0 aliphatic carbocycles. The van der Waals surface area contributed by atoms with E-state index in [-0.39, 0.29) is 17.0 Å². The largest absolute Gasteiger partial charge is 0.330 e. The normalized spacial score (nSPS) is 6.17. The molecule has 0 aromatic heterocycles. The minimum Gasteiger partial charge on any atom is -0.330 e. The number of hydrogen-bond donors (Lipinski definition) is 1. The second-order valence-electron chi connectivity index (χ2n) is 0.866. The quantitative estimate of drug-likeness (QED) is 0.589. The SMILES string of the molecule is Br.C=CCCN. The lowest BCUT2D eigenvalue weighted by Crippen LogP contribution is -1.94. The molecule has 0 bridgehead atoms. The van der Waals surface area contributed by atoms with Gasteiger partial charge in [0.15, 0.2) is 0 Å². The highest BCUT2D eigenvalue weighted by molar-refractivity contribution is 8.93. The third-order valence-electron chi connectivity index (χ3n) is 0.371. The van der Waals surface area contributed by atoms with Gasteiger partial charge >= 0.3 is 0 Å². The van der Waals surface area contributed by atoms with E-state index in [1.807, 2.05) is 0 Å². The zero-order chi connectivity index (χ0) is 4.12. The first-order valence-electron chi connectivity index (χ1n) is 1.72. The van der Waals surface area contributed by atoms with Crippen LogP contribution in [0.3, 0.4) is 0 Å². The topological polar surface area (TPSA) is 26.0 Å². The van der Waals surface area contributed by atoms with Gasteiger partial charge in [-0.25, -0.2) is 0 Å². The molecule has 0 aliphatic heterocycles. The molecule has 0 rings (SSSR count). The maximum absolute atomic E-state index is 5.07. The number of hydrogen-bond acceptors (Lipinski definition) is 1. The third kappa shape index (κ3) is 8.89. The Kier molecular flexibility index (Phi) is 14.2. The maximum Gasteiger partial charge on any atom is -0.00427 e. The van der Waals surface area contributed by atoms with Gasteiger partial charge in [-0.1, -0.05) is 6.08 Å². The number of rotatable bonds is 2. The Hall–Kier alpha value is 0.180. The van der Waals surface area contributed by atoms with Gasteiger partial charge in [0, 0.05) is 0 Å². The monoisotopic (exact) mass is 151 g/mol. The van der Waals surface area contributed by atoms with E-state index in [1.54, 1.807) is 6.08 Å². The molecule has 0 radical (unpaired) electrons. The molecule has 2 N–H and O–H groups in total. The minimum absolute atomic E-state index is 0. The van der Waals surface area contributed by atoms with Gasteiger partial charge in [0.25, 0.3) is 0 Å². The van der Waals surface area contributed by atoms with Crippen LogP contribution in [0.15, 0.2) is 12.7 Å². The highest BCUT2D eigenvalue weighted by atomic mass is 79.9. The third-order valence-corrected chi connectivity index (χ3v) is 0.371. The Morgan fingerprint density at radius 1 is 1.67 bits per heavy atom. The summed E-state index contributed by atoms with van der Waals surface area (Å²) in [5, 5.41) is 0. The summed E-state index contributed by atoms with van der Waals surface area (Å²) in [6.45, 7) is 4.20. The Labute approximate surface area is 49.0 Å². The summed E-state index contributed by atoms with van der Waals surface area (Å²) in [6, 6.07) is 0. The zero-order valence-corrected chi connectivity index (χ0v) is 5.40. The van der Waals surface area contributed by atoms with E-state index < -0.39 is 0 Å². The highest BCUT2D eigenvalue weighted by Gasteiger charge is 1.61. The van der Waals surface area contributed by atoms with Crippen LogP contribution in [0.4, 0.5) is 0 Å². The van der Waals surface area contributed by atoms with Gasteiger partial charge in [0.05, 0.1) is 0 Å². The molecule has 0 saturated carbocycles. The van der Waals surface area contributed by atoms with Gasteiger partial charge in [-0.15, -0.1) is 23.6 Å². The summed E-state index contributed by atoms with van der Waals surface area (Å²) in [6.07, 6.45) is 2.74. The fourth-order valence-corrected chi connectivity index (χ4v) is 0.118. The van der Waals surface area contributed by atoms with Crippen LogP contribution >= 0.6 is 17.0 Å². The van der Waals surface area contributed by atoms with E-state index in [9.17, 15) is 0 Å². The van der Waals surface area contributed by atoms with Crippen LogP contribution in [0.2, 0.25) is 0 Å². The van der Waals surface area contributed by atoms with E-state index in [1.165, 1.54) is 0 Å². The summed E-state index contributed by atoms with van der Waals surface area (Å²) in [7, 11) is 0. The summed E-state index contributed by atoms with van der Waals surface area (Å²) >= 11 is 0. The molecule has 6 heavy (non-hydrogen) atoms. The highest BCUT2D eigenvalue weighted by Crippen LogP contribution is 1.66. The van der Waals surface area contributed by atoms with Gasteiger partial charge in [-0.2, -0.15) is 0 Å². The molecule has 0 aliphatic rings. The van der Waals surface area contributed by atoms with E-state index in [4.69, 9.17) is 5.73 Å². The fraction of sp³-hybridized carbons (Fsp3) is 0.500. The van der Waals surface area contributed by atoms with Gasteiger partial charge in [-0.05, 0) is 13.0 Å². The van der Waals surface area contributed by atoms with Crippen LogP contribution in [0.25, 0.3) is 0 Å². The van der Waals surface area contributed by atoms with Crippen molar-refractivity contribution in [2.24, 2.45) is 5.73 Å². The molecule has 0 heterocycles. The Balaban J connectivity index is 0. The number of nitrogens with two attached hydrogens (primary N) is 1. The predicted molar refractivity (Wildman–Crippen MR) is 34.2 cm³/mol. The first-order valence-corrected chi connectivity index (χ1v) is 1.72. The minimum atomic E-state index is 0. The fourth-order valence-electron chi connectivity index (χ4n) is 0.118. The average molecular weight is 152 g/mol. The van der Waals surface area contributed by atoms with Gasteiger partial charge in [0.2, 0.25) is 0 Å². The molecule has 1 nitrogen and oxygen atoms in total. The van der Waals surface area contributed by atoms with Crippen molar-refractivity contribution in [3.05, 3.63) is 12.7 Å². The van der Waals surface area contributed by atoms with Crippen molar-refractivity contribution in [1.29, 1.82) is 0 Å². The van der Waals surface area contributed by atoms with E-state index >= 15 is 0 Å². The lowest BCUT2D eigenvalue weighted by atomic mass is 10.4. The average Bonchev–Trinajstić information content (AvgIpc) is 1.41. The van der Waals surface area contributed by atoms with Crippen molar-refractivity contribution < 1.29 is 0 Å². The summed E-state index contributed by atoms with van der Waals surface area (Å²) in [4.78, 5) is 0. The molecular weight excluding hydrogens is 142 g/mol. The van der Waals surface area contributed by atoms with E-state index in [2.05, 4.69) is 6.58 Å². The van der Waals surface area contributed by atoms with Crippen molar-refractivity contribution in [1.82, 2.24) is 0 Å². The second-order valence-corrected chi connectivity index (χ2v) is 0.866. The molecule has 2 heteroatoms. The van der Waals surface area contributed by atoms with Crippen molar-refractivity contribution in [3.63, 3.8) is 0 Å². The molecule has 0 spiro atoms. The Bertz CT molecular complexity index is 28.7. The molecule has 0 aromatic rings. The van der Waals surface area contributed by atoms with Gasteiger partial charge in [0.1, 0.15) is 0 Å². The summed E-state index contributed by atoms with van der Waals surface area (Å²) < 4.78 is 0. The van der Waals surface area contributed by atoms with Gasteiger partial charge < -0.3 is 5.73 Å². The Morgan fingerprint density at radius 2 is 2.17 bits per heavy atom. The number of halogens is 1. The molecule has 0 aromatic carbocycles. The molecule has 0 amide bonds. The lowest BCUT2D eigenvalue weighted by Gasteiger charge is -1.74.